The fourth-order valence-corrected chi connectivity index (χ4v) is 9.05. The zero-order valence-electron chi connectivity index (χ0n) is 26.3. The first-order chi connectivity index (χ1) is 22.0. The molecular weight excluding hydrogens is 684 g/mol. The summed E-state index contributed by atoms with van der Waals surface area (Å²) in [5.74, 6) is 6.27. The number of nitrogens with two attached hydrogens (primary N) is 1. The molecule has 0 bridgehead atoms. The predicted octanol–water partition coefficient (Wildman–Crippen LogP) is 6.01. The number of para-hydroxylation sites is 2. The Bertz CT molecular complexity index is 1620. The van der Waals surface area contributed by atoms with Crippen LogP contribution in [0.3, 0.4) is 0 Å². The van der Waals surface area contributed by atoms with Gasteiger partial charge in [-0.05, 0) is 49.2 Å². The van der Waals surface area contributed by atoms with E-state index in [0.29, 0.717) is 17.9 Å². The highest BCUT2D eigenvalue weighted by atomic mass is 79.9. The maximum atomic E-state index is 11.9. The van der Waals surface area contributed by atoms with Crippen molar-refractivity contribution < 1.29 is 16.8 Å². The molecule has 0 amide bonds. The normalized spacial score (nSPS) is 20.8. The summed E-state index contributed by atoms with van der Waals surface area (Å²) in [6, 6.07) is 40.9. The summed E-state index contributed by atoms with van der Waals surface area (Å²) in [7, 11) is -5.72. The van der Waals surface area contributed by atoms with E-state index in [1.54, 1.807) is 5.01 Å². The Kier molecular flexibility index (Phi) is 13.0. The Labute approximate surface area is 282 Å². The standard InChI is InChI=1S/C17H20N2O2S.C13H11Br.C5H12N2O2S/c1-15-14-22(20,21)13-12-18(15)19(16-8-4-2-5-9-16)17-10-6-3-7-11-17;14-13(11-7-3-1-4-8-11)12-9-5-2-6-10-12;1-5-4-10(8,9)3-2-7(5)6/h2-11,15H,12-14H2,1H3;1-10,13H;5H,2-4,6H2,1H3. The van der Waals surface area contributed by atoms with Gasteiger partial charge in [0.05, 0.1) is 39.2 Å². The molecule has 2 saturated heterocycles. The van der Waals surface area contributed by atoms with Crippen LogP contribution in [0, 0.1) is 0 Å². The third-order valence-electron chi connectivity index (χ3n) is 7.80. The molecule has 246 valence electrons. The summed E-state index contributed by atoms with van der Waals surface area (Å²) in [5.41, 5.74) is 4.66. The van der Waals surface area contributed by atoms with Gasteiger partial charge in [-0.15, -0.1) is 0 Å². The van der Waals surface area contributed by atoms with Gasteiger partial charge in [0.2, 0.25) is 0 Å². The first-order valence-corrected chi connectivity index (χ1v) is 19.8. The molecule has 0 saturated carbocycles. The lowest BCUT2D eigenvalue weighted by molar-refractivity contribution is 0.229. The SMILES string of the molecule is BrC(c1ccccc1)c1ccccc1.CC1CS(=O)(=O)CCN1N.CC1CS(=O)(=O)CCN1N(c1ccccc1)c1ccccc1. The van der Waals surface area contributed by atoms with Crippen LogP contribution >= 0.6 is 15.9 Å². The van der Waals surface area contributed by atoms with Crippen LogP contribution in [-0.2, 0) is 19.7 Å². The van der Waals surface area contributed by atoms with Crippen LogP contribution in [0.15, 0.2) is 121 Å². The van der Waals surface area contributed by atoms with Crippen LogP contribution in [0.4, 0.5) is 11.4 Å². The molecule has 4 aromatic rings. The first kappa shape index (κ1) is 35.8. The van der Waals surface area contributed by atoms with Gasteiger partial charge in [0.25, 0.3) is 0 Å². The van der Waals surface area contributed by atoms with Crippen LogP contribution in [0.1, 0.15) is 29.8 Å². The van der Waals surface area contributed by atoms with Crippen molar-refractivity contribution in [1.29, 1.82) is 0 Å². The Balaban J connectivity index is 0.000000171. The Hall–Kier alpha value is -3.06. The number of benzene rings is 4. The lowest BCUT2D eigenvalue weighted by Crippen LogP contribution is -2.54. The number of anilines is 2. The van der Waals surface area contributed by atoms with Crippen molar-refractivity contribution in [1.82, 2.24) is 10.0 Å². The van der Waals surface area contributed by atoms with Crippen molar-refractivity contribution in [2.75, 3.05) is 41.1 Å². The summed E-state index contributed by atoms with van der Waals surface area (Å²) in [4.78, 5) is 0.296. The maximum Gasteiger partial charge on any atom is 0.153 e. The largest absolute Gasteiger partial charge is 0.274 e. The highest BCUT2D eigenvalue weighted by molar-refractivity contribution is 9.09. The molecule has 2 unspecified atom stereocenters. The highest BCUT2D eigenvalue weighted by Gasteiger charge is 2.32. The Morgan fingerprint density at radius 1 is 0.630 bits per heavy atom. The van der Waals surface area contributed by atoms with E-state index in [2.05, 4.69) is 74.5 Å². The molecule has 2 N–H and O–H groups in total. The molecule has 0 aromatic heterocycles. The topological polar surface area (TPSA) is 104 Å². The number of hydrazine groups is 2. The van der Waals surface area contributed by atoms with Crippen molar-refractivity contribution in [2.24, 2.45) is 5.84 Å². The zero-order valence-corrected chi connectivity index (χ0v) is 29.5. The Morgan fingerprint density at radius 2 is 1.00 bits per heavy atom. The zero-order chi connectivity index (χ0) is 33.2. The molecule has 2 aliphatic rings. The van der Waals surface area contributed by atoms with Crippen LogP contribution < -0.4 is 10.9 Å². The molecule has 2 aliphatic heterocycles. The number of hydrogen-bond donors (Lipinski definition) is 1. The van der Waals surface area contributed by atoms with Gasteiger partial charge in [-0.2, -0.15) is 0 Å². The van der Waals surface area contributed by atoms with Gasteiger partial charge in [-0.25, -0.2) is 26.9 Å². The molecule has 0 spiro atoms. The quantitative estimate of drug-likeness (QED) is 0.197. The van der Waals surface area contributed by atoms with Gasteiger partial charge in [-0.1, -0.05) is 113 Å². The lowest BCUT2D eigenvalue weighted by atomic mass is 10.1. The third kappa shape index (κ3) is 10.5. The molecular formula is C35H43BrN4O4S2. The van der Waals surface area contributed by atoms with E-state index in [9.17, 15) is 16.8 Å². The molecule has 2 atom stereocenters. The van der Waals surface area contributed by atoms with Crippen molar-refractivity contribution in [3.05, 3.63) is 132 Å². The van der Waals surface area contributed by atoms with E-state index < -0.39 is 19.7 Å². The van der Waals surface area contributed by atoms with Crippen LogP contribution in [0.25, 0.3) is 0 Å². The lowest BCUT2D eigenvalue weighted by Gasteiger charge is -2.42. The first-order valence-electron chi connectivity index (χ1n) is 15.3. The minimum Gasteiger partial charge on any atom is -0.274 e. The molecule has 46 heavy (non-hydrogen) atoms. The van der Waals surface area contributed by atoms with Crippen molar-refractivity contribution >= 4 is 47.0 Å². The van der Waals surface area contributed by atoms with Gasteiger partial charge < -0.3 is 0 Å². The fraction of sp³-hybridized carbons (Fsp3) is 0.314. The summed E-state index contributed by atoms with van der Waals surface area (Å²) in [5, 5.41) is 5.84. The number of sulfone groups is 2. The molecule has 11 heteroatoms. The van der Waals surface area contributed by atoms with E-state index in [0.717, 1.165) is 11.4 Å². The molecule has 4 aromatic carbocycles. The average Bonchev–Trinajstić information content (AvgIpc) is 3.06. The fourth-order valence-electron chi connectivity index (χ4n) is 5.32. The number of alkyl halides is 1. The third-order valence-corrected chi connectivity index (χ3v) is 12.4. The van der Waals surface area contributed by atoms with E-state index in [4.69, 9.17) is 5.84 Å². The number of rotatable bonds is 5. The molecule has 8 nitrogen and oxygen atoms in total. The van der Waals surface area contributed by atoms with Crippen LogP contribution in [-0.4, -0.2) is 75.0 Å². The van der Waals surface area contributed by atoms with Crippen molar-refractivity contribution in [2.45, 2.75) is 30.8 Å². The molecule has 2 heterocycles. The Morgan fingerprint density at radius 3 is 1.37 bits per heavy atom. The van der Waals surface area contributed by atoms with E-state index >= 15 is 0 Å². The summed E-state index contributed by atoms with van der Waals surface area (Å²) >= 11 is 3.69. The average molecular weight is 728 g/mol. The van der Waals surface area contributed by atoms with E-state index in [-0.39, 0.29) is 35.1 Å². The number of hydrogen-bond acceptors (Lipinski definition) is 8. The van der Waals surface area contributed by atoms with Gasteiger partial charge in [0.15, 0.2) is 19.7 Å². The molecule has 0 aliphatic carbocycles. The minimum absolute atomic E-state index is 0.0289. The number of halogens is 1. The second kappa shape index (κ2) is 16.7. The summed E-state index contributed by atoms with van der Waals surface area (Å²) in [6.45, 7) is 4.75. The second-order valence-corrected chi connectivity index (χ2v) is 16.9. The summed E-state index contributed by atoms with van der Waals surface area (Å²) in [6.07, 6.45) is 0. The van der Waals surface area contributed by atoms with E-state index in [1.165, 1.54) is 11.1 Å². The smallest absolute Gasteiger partial charge is 0.153 e. The molecule has 2 fully saturated rings. The molecule has 6 rings (SSSR count). The predicted molar refractivity (Wildman–Crippen MR) is 193 cm³/mol. The van der Waals surface area contributed by atoms with Gasteiger partial charge in [0, 0.05) is 25.2 Å². The maximum absolute atomic E-state index is 11.9. The van der Waals surface area contributed by atoms with Crippen molar-refractivity contribution in [3.8, 4) is 0 Å². The number of nitrogens with zero attached hydrogens (tertiary/aromatic N) is 3. The van der Waals surface area contributed by atoms with Crippen LogP contribution in [0.2, 0.25) is 0 Å². The highest BCUT2D eigenvalue weighted by Crippen LogP contribution is 2.31. The van der Waals surface area contributed by atoms with Gasteiger partial charge >= 0.3 is 0 Å². The molecule has 0 radical (unpaired) electrons. The van der Waals surface area contributed by atoms with Crippen LogP contribution in [0.5, 0.6) is 0 Å². The van der Waals surface area contributed by atoms with Crippen molar-refractivity contribution in [3.63, 3.8) is 0 Å². The van der Waals surface area contributed by atoms with Gasteiger partial charge in [-0.3, -0.25) is 10.9 Å². The monoisotopic (exact) mass is 726 g/mol. The van der Waals surface area contributed by atoms with E-state index in [1.807, 2.05) is 86.6 Å². The van der Waals surface area contributed by atoms with Gasteiger partial charge in [0.1, 0.15) is 0 Å². The minimum atomic E-state index is -2.93. The summed E-state index contributed by atoms with van der Waals surface area (Å²) < 4.78 is 45.6. The second-order valence-electron chi connectivity index (χ2n) is 11.5.